The van der Waals surface area contributed by atoms with Crippen LogP contribution in [0.4, 0.5) is 4.39 Å². The zero-order valence-electron chi connectivity index (χ0n) is 11.2. The van der Waals surface area contributed by atoms with E-state index in [2.05, 4.69) is 24.2 Å². The fourth-order valence-electron chi connectivity index (χ4n) is 1.24. The molecule has 0 aromatic heterocycles. The molecule has 0 radical (unpaired) electrons. The maximum absolute atomic E-state index is 12.8. The molecule has 0 amide bonds. The van der Waals surface area contributed by atoms with E-state index in [0.29, 0.717) is 37.3 Å². The highest BCUT2D eigenvalue weighted by atomic mass is 127. The molecule has 0 aliphatic carbocycles. The summed E-state index contributed by atoms with van der Waals surface area (Å²) in [5.41, 5.74) is 5.65. The van der Waals surface area contributed by atoms with Crippen LogP contribution in [0.1, 0.15) is 13.8 Å². The predicted molar refractivity (Wildman–Crippen MR) is 86.6 cm³/mol. The van der Waals surface area contributed by atoms with E-state index in [1.807, 2.05) is 0 Å². The Morgan fingerprint density at radius 3 is 2.84 bits per heavy atom. The number of nitrogens with zero attached hydrogens (tertiary/aromatic N) is 1. The first-order chi connectivity index (χ1) is 8.58. The van der Waals surface area contributed by atoms with Crippen LogP contribution >= 0.6 is 24.0 Å². The zero-order chi connectivity index (χ0) is 13.4. The van der Waals surface area contributed by atoms with Crippen molar-refractivity contribution in [3.05, 3.63) is 30.1 Å². The Bertz CT molecular complexity index is 399. The maximum atomic E-state index is 12.8. The minimum Gasteiger partial charge on any atom is -0.492 e. The smallest absolute Gasteiger partial charge is 0.188 e. The summed E-state index contributed by atoms with van der Waals surface area (Å²) in [6.45, 7) is 5.78. The van der Waals surface area contributed by atoms with Crippen LogP contribution in [-0.4, -0.2) is 25.7 Å². The Labute approximate surface area is 130 Å². The summed E-state index contributed by atoms with van der Waals surface area (Å²) in [6.07, 6.45) is 0. The number of benzene rings is 1. The minimum absolute atomic E-state index is 0. The highest BCUT2D eigenvalue weighted by molar-refractivity contribution is 14.0. The molecule has 0 aliphatic heterocycles. The molecule has 108 valence electrons. The molecular formula is C13H21FIN3O. The predicted octanol–water partition coefficient (Wildman–Crippen LogP) is 2.38. The molecule has 0 aliphatic rings. The van der Waals surface area contributed by atoms with Crippen LogP contribution in [0.2, 0.25) is 0 Å². The van der Waals surface area contributed by atoms with Crippen molar-refractivity contribution in [2.45, 2.75) is 13.8 Å². The molecule has 6 heteroatoms. The summed E-state index contributed by atoms with van der Waals surface area (Å²) >= 11 is 0. The van der Waals surface area contributed by atoms with Gasteiger partial charge in [0.2, 0.25) is 0 Å². The molecule has 0 bridgehead atoms. The van der Waals surface area contributed by atoms with E-state index in [9.17, 15) is 4.39 Å². The fourth-order valence-corrected chi connectivity index (χ4v) is 1.24. The topological polar surface area (TPSA) is 59.6 Å². The standard InChI is InChI=1S/C13H20FN3O.HI/c1-10(2)9-17-13(15)16-6-7-18-12-5-3-4-11(14)8-12;/h3-5,8,10H,6-7,9H2,1-2H3,(H3,15,16,17);1H. The molecule has 0 unspecified atom stereocenters. The number of rotatable bonds is 6. The number of guanidine groups is 1. The van der Waals surface area contributed by atoms with Gasteiger partial charge in [0.05, 0.1) is 6.54 Å². The lowest BCUT2D eigenvalue weighted by Crippen LogP contribution is -2.35. The first kappa shape index (κ1) is 17.9. The molecule has 0 fully saturated rings. The lowest BCUT2D eigenvalue weighted by atomic mass is 10.2. The van der Waals surface area contributed by atoms with Gasteiger partial charge in [-0.1, -0.05) is 19.9 Å². The number of halogens is 2. The van der Waals surface area contributed by atoms with E-state index in [4.69, 9.17) is 10.5 Å². The fraction of sp³-hybridized carbons (Fsp3) is 0.462. The molecule has 1 rings (SSSR count). The maximum Gasteiger partial charge on any atom is 0.188 e. The number of hydrogen-bond acceptors (Lipinski definition) is 2. The average Bonchev–Trinajstić information content (AvgIpc) is 2.32. The van der Waals surface area contributed by atoms with Gasteiger partial charge < -0.3 is 15.8 Å². The summed E-state index contributed by atoms with van der Waals surface area (Å²) in [5.74, 6) is 1.09. The Morgan fingerprint density at radius 1 is 1.47 bits per heavy atom. The second-order valence-corrected chi connectivity index (χ2v) is 4.35. The molecule has 0 atom stereocenters. The Morgan fingerprint density at radius 2 is 2.21 bits per heavy atom. The van der Waals surface area contributed by atoms with Crippen molar-refractivity contribution in [1.82, 2.24) is 5.32 Å². The van der Waals surface area contributed by atoms with Gasteiger partial charge in [0.1, 0.15) is 18.2 Å². The Hall–Kier alpha value is -1.05. The lowest BCUT2D eigenvalue weighted by Gasteiger charge is -2.08. The lowest BCUT2D eigenvalue weighted by molar-refractivity contribution is 0.320. The van der Waals surface area contributed by atoms with Crippen molar-refractivity contribution in [2.24, 2.45) is 16.6 Å². The number of nitrogens with one attached hydrogen (secondary N) is 1. The monoisotopic (exact) mass is 381 g/mol. The quantitative estimate of drug-likeness (QED) is 0.344. The van der Waals surface area contributed by atoms with Gasteiger partial charge in [-0.15, -0.1) is 24.0 Å². The van der Waals surface area contributed by atoms with E-state index in [1.54, 1.807) is 12.1 Å². The van der Waals surface area contributed by atoms with Gasteiger partial charge in [0.15, 0.2) is 5.96 Å². The summed E-state index contributed by atoms with van der Waals surface area (Å²) in [6, 6.07) is 6.04. The van der Waals surface area contributed by atoms with Crippen molar-refractivity contribution in [2.75, 3.05) is 19.7 Å². The van der Waals surface area contributed by atoms with Crippen LogP contribution in [0.5, 0.6) is 5.75 Å². The van der Waals surface area contributed by atoms with E-state index in [-0.39, 0.29) is 29.8 Å². The van der Waals surface area contributed by atoms with E-state index in [1.165, 1.54) is 12.1 Å². The molecular weight excluding hydrogens is 360 g/mol. The molecule has 1 aromatic carbocycles. The minimum atomic E-state index is -0.307. The van der Waals surface area contributed by atoms with Crippen LogP contribution in [-0.2, 0) is 0 Å². The van der Waals surface area contributed by atoms with E-state index >= 15 is 0 Å². The van der Waals surface area contributed by atoms with Crippen molar-refractivity contribution in [1.29, 1.82) is 0 Å². The van der Waals surface area contributed by atoms with Crippen molar-refractivity contribution < 1.29 is 9.13 Å². The van der Waals surface area contributed by atoms with Crippen molar-refractivity contribution in [3.8, 4) is 5.75 Å². The van der Waals surface area contributed by atoms with Gasteiger partial charge in [0.25, 0.3) is 0 Å². The molecule has 4 nitrogen and oxygen atoms in total. The summed E-state index contributed by atoms with van der Waals surface area (Å²) in [5, 5.41) is 2.93. The SMILES string of the molecule is CC(C)CN=C(N)NCCOc1cccc(F)c1.I. The van der Waals surface area contributed by atoms with Crippen LogP contribution < -0.4 is 15.8 Å². The number of ether oxygens (including phenoxy) is 1. The van der Waals surface area contributed by atoms with E-state index < -0.39 is 0 Å². The molecule has 0 saturated heterocycles. The van der Waals surface area contributed by atoms with Crippen LogP contribution in [0.25, 0.3) is 0 Å². The number of aliphatic imine (C=N–C) groups is 1. The second kappa shape index (κ2) is 9.82. The highest BCUT2D eigenvalue weighted by Gasteiger charge is 1.97. The third-order valence-electron chi connectivity index (χ3n) is 2.10. The van der Waals surface area contributed by atoms with Gasteiger partial charge in [0, 0.05) is 12.6 Å². The molecule has 0 spiro atoms. The molecule has 1 aromatic rings. The van der Waals surface area contributed by atoms with Gasteiger partial charge in [-0.25, -0.2) is 4.39 Å². The summed E-state index contributed by atoms with van der Waals surface area (Å²) < 4.78 is 18.2. The van der Waals surface area contributed by atoms with Gasteiger partial charge in [-0.05, 0) is 18.1 Å². The third kappa shape index (κ3) is 8.63. The Kier molecular flexibility index (Phi) is 9.28. The first-order valence-electron chi connectivity index (χ1n) is 6.00. The average molecular weight is 381 g/mol. The largest absolute Gasteiger partial charge is 0.492 e. The third-order valence-corrected chi connectivity index (χ3v) is 2.10. The van der Waals surface area contributed by atoms with Gasteiger partial charge in [-0.3, -0.25) is 4.99 Å². The highest BCUT2D eigenvalue weighted by Crippen LogP contribution is 2.11. The van der Waals surface area contributed by atoms with Gasteiger partial charge in [-0.2, -0.15) is 0 Å². The molecule has 0 saturated carbocycles. The Balaban J connectivity index is 0.00000324. The molecule has 19 heavy (non-hydrogen) atoms. The first-order valence-corrected chi connectivity index (χ1v) is 6.00. The van der Waals surface area contributed by atoms with Crippen LogP contribution in [0.15, 0.2) is 29.3 Å². The van der Waals surface area contributed by atoms with Crippen molar-refractivity contribution in [3.63, 3.8) is 0 Å². The number of hydrogen-bond donors (Lipinski definition) is 2. The summed E-state index contributed by atoms with van der Waals surface area (Å²) in [7, 11) is 0. The van der Waals surface area contributed by atoms with Crippen LogP contribution in [0, 0.1) is 11.7 Å². The zero-order valence-corrected chi connectivity index (χ0v) is 13.6. The molecule has 3 N–H and O–H groups in total. The van der Waals surface area contributed by atoms with Crippen LogP contribution in [0.3, 0.4) is 0 Å². The number of nitrogens with two attached hydrogens (primary N) is 1. The second-order valence-electron chi connectivity index (χ2n) is 4.35. The normalized spacial score (nSPS) is 11.1. The molecule has 0 heterocycles. The summed E-state index contributed by atoms with van der Waals surface area (Å²) in [4.78, 5) is 4.15. The van der Waals surface area contributed by atoms with Gasteiger partial charge >= 0.3 is 0 Å². The van der Waals surface area contributed by atoms with Crippen molar-refractivity contribution >= 4 is 29.9 Å². The van der Waals surface area contributed by atoms with E-state index in [0.717, 1.165) is 0 Å².